The largest absolute Gasteiger partial charge is 0.481 e. The van der Waals surface area contributed by atoms with Crippen molar-refractivity contribution in [3.8, 4) is 0 Å². The van der Waals surface area contributed by atoms with Gasteiger partial charge in [0.2, 0.25) is 5.91 Å². The summed E-state index contributed by atoms with van der Waals surface area (Å²) in [5, 5.41) is 12.1. The smallest absolute Gasteiger partial charge is 0.310 e. The zero-order chi connectivity index (χ0) is 17.6. The predicted molar refractivity (Wildman–Crippen MR) is 93.1 cm³/mol. The third-order valence-corrected chi connectivity index (χ3v) is 5.01. The van der Waals surface area contributed by atoms with Crippen LogP contribution in [-0.4, -0.2) is 30.2 Å². The lowest BCUT2D eigenvalue weighted by atomic mass is 9.82. The number of hydrogen-bond acceptors (Lipinski definition) is 3. The average Bonchev–Trinajstić information content (AvgIpc) is 3.05. The summed E-state index contributed by atoms with van der Waals surface area (Å²) in [6, 6.07) is 7.07. The highest BCUT2D eigenvalue weighted by molar-refractivity contribution is 5.95. The number of carbonyl (C=O) groups is 2. The third kappa shape index (κ3) is 4.35. The van der Waals surface area contributed by atoms with Crippen molar-refractivity contribution < 1.29 is 19.4 Å². The van der Waals surface area contributed by atoms with E-state index in [2.05, 4.69) is 5.32 Å². The number of nitrogens with one attached hydrogen (secondary N) is 1. The zero-order valence-electron chi connectivity index (χ0n) is 14.5. The average molecular weight is 333 g/mol. The number of anilines is 1. The van der Waals surface area contributed by atoms with Gasteiger partial charge in [0.15, 0.2) is 0 Å². The highest BCUT2D eigenvalue weighted by Gasteiger charge is 2.40. The molecule has 1 aromatic rings. The van der Waals surface area contributed by atoms with E-state index in [-0.39, 0.29) is 11.3 Å². The van der Waals surface area contributed by atoms with Gasteiger partial charge in [-0.2, -0.15) is 0 Å². The van der Waals surface area contributed by atoms with Gasteiger partial charge in [0.05, 0.1) is 11.3 Å². The lowest BCUT2D eigenvalue weighted by Gasteiger charge is -2.27. The first kappa shape index (κ1) is 18.5. The van der Waals surface area contributed by atoms with Crippen LogP contribution < -0.4 is 5.32 Å². The van der Waals surface area contributed by atoms with Crippen LogP contribution >= 0.6 is 0 Å². The molecule has 1 amide bonds. The van der Waals surface area contributed by atoms with Gasteiger partial charge in [-0.15, -0.1) is 0 Å². The first-order chi connectivity index (χ1) is 11.5. The molecule has 5 nitrogen and oxygen atoms in total. The van der Waals surface area contributed by atoms with E-state index in [1.807, 2.05) is 6.92 Å². The van der Waals surface area contributed by atoms with Crippen LogP contribution in [0.4, 0.5) is 5.69 Å². The van der Waals surface area contributed by atoms with Gasteiger partial charge in [-0.05, 0) is 50.8 Å². The summed E-state index contributed by atoms with van der Waals surface area (Å²) in [5.41, 5.74) is 1.11. The maximum absolute atomic E-state index is 12.8. The minimum Gasteiger partial charge on any atom is -0.481 e. The summed E-state index contributed by atoms with van der Waals surface area (Å²) in [7, 11) is 0. The molecule has 0 spiro atoms. The summed E-state index contributed by atoms with van der Waals surface area (Å²) in [6.45, 7) is 4.89. The highest BCUT2D eigenvalue weighted by Crippen LogP contribution is 2.42. The second-order valence-corrected chi connectivity index (χ2v) is 6.57. The predicted octanol–water partition coefficient (Wildman–Crippen LogP) is 3.80. The van der Waals surface area contributed by atoms with Gasteiger partial charge in [0, 0.05) is 18.9 Å². The SMILES string of the molecule is CCOCCC1(C(=O)Nc2ccc(C(C)C(=O)O)cc2)CCCC1. The molecule has 1 aromatic carbocycles. The number of aliphatic carboxylic acids is 1. The summed E-state index contributed by atoms with van der Waals surface area (Å²) < 4.78 is 5.45. The number of rotatable bonds is 8. The van der Waals surface area contributed by atoms with Gasteiger partial charge < -0.3 is 15.2 Å². The van der Waals surface area contributed by atoms with Crippen molar-refractivity contribution in [1.82, 2.24) is 0 Å². The molecule has 1 aliphatic carbocycles. The highest BCUT2D eigenvalue weighted by atomic mass is 16.5. The van der Waals surface area contributed by atoms with Crippen LogP contribution in [0.2, 0.25) is 0 Å². The first-order valence-electron chi connectivity index (χ1n) is 8.70. The molecule has 132 valence electrons. The van der Waals surface area contributed by atoms with Gasteiger partial charge >= 0.3 is 5.97 Å². The molecule has 0 heterocycles. The second kappa shape index (κ2) is 8.29. The maximum atomic E-state index is 12.8. The van der Waals surface area contributed by atoms with Crippen molar-refractivity contribution in [2.75, 3.05) is 18.5 Å². The number of ether oxygens (including phenoxy) is 1. The Kier molecular flexibility index (Phi) is 6.37. The third-order valence-electron chi connectivity index (χ3n) is 5.01. The van der Waals surface area contributed by atoms with Crippen molar-refractivity contribution in [2.45, 2.75) is 51.9 Å². The van der Waals surface area contributed by atoms with E-state index >= 15 is 0 Å². The quantitative estimate of drug-likeness (QED) is 0.710. The fraction of sp³-hybridized carbons (Fsp3) is 0.579. The van der Waals surface area contributed by atoms with Crippen LogP contribution in [0.5, 0.6) is 0 Å². The number of carboxylic acids is 1. The molecule has 0 aliphatic heterocycles. The maximum Gasteiger partial charge on any atom is 0.310 e. The van der Waals surface area contributed by atoms with Crippen LogP contribution in [0.3, 0.4) is 0 Å². The Labute approximate surface area is 143 Å². The molecule has 1 saturated carbocycles. The van der Waals surface area contributed by atoms with Crippen molar-refractivity contribution in [3.63, 3.8) is 0 Å². The number of carboxylic acid groups (broad SMARTS) is 1. The standard InChI is InChI=1S/C19H27NO4/c1-3-24-13-12-19(10-4-5-11-19)18(23)20-16-8-6-15(7-9-16)14(2)17(21)22/h6-9,14H,3-5,10-13H2,1-2H3,(H,20,23)(H,21,22). The number of benzene rings is 1. The normalized spacial score (nSPS) is 17.4. The van der Waals surface area contributed by atoms with E-state index in [0.29, 0.717) is 18.9 Å². The number of amides is 1. The summed E-state index contributed by atoms with van der Waals surface area (Å²) in [6.07, 6.45) is 4.71. The molecule has 0 saturated heterocycles. The molecule has 2 rings (SSSR count). The van der Waals surface area contributed by atoms with Crippen molar-refractivity contribution in [3.05, 3.63) is 29.8 Å². The Morgan fingerprint density at radius 3 is 2.42 bits per heavy atom. The van der Waals surface area contributed by atoms with Crippen LogP contribution in [0.25, 0.3) is 0 Å². The van der Waals surface area contributed by atoms with E-state index in [9.17, 15) is 9.59 Å². The minimum absolute atomic E-state index is 0.0544. The molecule has 1 unspecified atom stereocenters. The Hall–Kier alpha value is -1.88. The van der Waals surface area contributed by atoms with E-state index in [1.165, 1.54) is 0 Å². The van der Waals surface area contributed by atoms with Crippen LogP contribution in [-0.2, 0) is 14.3 Å². The topological polar surface area (TPSA) is 75.6 Å². The lowest BCUT2D eigenvalue weighted by Crippen LogP contribution is -2.35. The summed E-state index contributed by atoms with van der Waals surface area (Å²) in [5.74, 6) is -1.35. The van der Waals surface area contributed by atoms with Gasteiger partial charge in [-0.25, -0.2) is 0 Å². The van der Waals surface area contributed by atoms with E-state index in [1.54, 1.807) is 31.2 Å². The van der Waals surface area contributed by atoms with Crippen molar-refractivity contribution in [2.24, 2.45) is 5.41 Å². The first-order valence-corrected chi connectivity index (χ1v) is 8.70. The molecule has 1 fully saturated rings. The van der Waals surface area contributed by atoms with E-state index in [0.717, 1.165) is 37.7 Å². The van der Waals surface area contributed by atoms with Crippen LogP contribution in [0.1, 0.15) is 57.4 Å². The van der Waals surface area contributed by atoms with Crippen LogP contribution in [0, 0.1) is 5.41 Å². The Morgan fingerprint density at radius 2 is 1.88 bits per heavy atom. The monoisotopic (exact) mass is 333 g/mol. The molecule has 2 N–H and O–H groups in total. The number of hydrogen-bond donors (Lipinski definition) is 2. The van der Waals surface area contributed by atoms with E-state index in [4.69, 9.17) is 9.84 Å². The molecule has 1 aliphatic rings. The zero-order valence-corrected chi connectivity index (χ0v) is 14.5. The van der Waals surface area contributed by atoms with Crippen molar-refractivity contribution in [1.29, 1.82) is 0 Å². The van der Waals surface area contributed by atoms with Crippen molar-refractivity contribution >= 4 is 17.6 Å². The molecule has 5 heteroatoms. The molecule has 24 heavy (non-hydrogen) atoms. The summed E-state index contributed by atoms with van der Waals surface area (Å²) >= 11 is 0. The fourth-order valence-electron chi connectivity index (χ4n) is 3.32. The lowest BCUT2D eigenvalue weighted by molar-refractivity contribution is -0.138. The fourth-order valence-corrected chi connectivity index (χ4v) is 3.32. The van der Waals surface area contributed by atoms with Gasteiger partial charge in [0.1, 0.15) is 0 Å². The van der Waals surface area contributed by atoms with E-state index < -0.39 is 11.9 Å². The molecule has 0 bridgehead atoms. The Balaban J connectivity index is 2.03. The molecule has 0 radical (unpaired) electrons. The molecular formula is C19H27NO4. The summed E-state index contributed by atoms with van der Waals surface area (Å²) in [4.78, 5) is 23.8. The van der Waals surface area contributed by atoms with Gasteiger partial charge in [-0.1, -0.05) is 25.0 Å². The van der Waals surface area contributed by atoms with Gasteiger partial charge in [0.25, 0.3) is 0 Å². The Morgan fingerprint density at radius 1 is 1.25 bits per heavy atom. The molecular weight excluding hydrogens is 306 g/mol. The number of carbonyl (C=O) groups excluding carboxylic acids is 1. The molecule has 1 atom stereocenters. The molecule has 0 aromatic heterocycles. The second-order valence-electron chi connectivity index (χ2n) is 6.57. The van der Waals surface area contributed by atoms with Gasteiger partial charge in [-0.3, -0.25) is 9.59 Å². The minimum atomic E-state index is -0.854. The Bertz CT molecular complexity index is 561. The van der Waals surface area contributed by atoms with Crippen LogP contribution in [0.15, 0.2) is 24.3 Å².